The molecule has 2 heteroatoms. The molecule has 1 nitrogen and oxygen atoms in total. The first kappa shape index (κ1) is 17.5. The van der Waals surface area contributed by atoms with E-state index in [1.54, 1.807) is 0 Å². The maximum atomic E-state index is 4.61. The molecule has 3 rings (SSSR count). The fourth-order valence-electron chi connectivity index (χ4n) is 1.77. The van der Waals surface area contributed by atoms with Gasteiger partial charge >= 0.3 is 20.1 Å². The maximum Gasteiger partial charge on any atom is 3.00 e. The quantitative estimate of drug-likeness (QED) is 0.519. The molecule has 0 bridgehead atoms. The topological polar surface area (TPSA) is 12.9 Å². The van der Waals surface area contributed by atoms with Crippen molar-refractivity contribution in [2.45, 2.75) is 0 Å². The molecule has 0 N–H and O–H groups in total. The summed E-state index contributed by atoms with van der Waals surface area (Å²) in [4.78, 5) is 4.61. The van der Waals surface area contributed by atoms with Crippen molar-refractivity contribution in [3.8, 4) is 11.3 Å². The molecule has 3 aromatic rings. The Balaban J connectivity index is 0.00000108. The Labute approximate surface area is 129 Å². The summed E-state index contributed by atoms with van der Waals surface area (Å²) in [5.74, 6) is 0. The molecule has 0 radical (unpaired) electrons. The summed E-state index contributed by atoms with van der Waals surface area (Å²) in [6.45, 7) is 0. The summed E-state index contributed by atoms with van der Waals surface area (Å²) in [5.41, 5.74) is 3.03. The number of nitrogens with zero attached hydrogens (tertiary/aromatic N) is 1. The SMILES string of the molecule is [CH3-].[CH3-].[Ir+3].[c-]1ccccc1-c1ccc2ccccc2n1. The van der Waals surface area contributed by atoms with Gasteiger partial charge in [-0.2, -0.15) is 0 Å². The van der Waals surface area contributed by atoms with Crippen molar-refractivity contribution in [2.75, 3.05) is 0 Å². The summed E-state index contributed by atoms with van der Waals surface area (Å²) in [6, 6.07) is 23.4. The van der Waals surface area contributed by atoms with E-state index in [1.165, 1.54) is 5.39 Å². The number of rotatable bonds is 1. The van der Waals surface area contributed by atoms with Gasteiger partial charge in [-0.1, -0.05) is 30.3 Å². The van der Waals surface area contributed by atoms with Gasteiger partial charge in [0.1, 0.15) is 0 Å². The van der Waals surface area contributed by atoms with E-state index in [0.717, 1.165) is 16.8 Å². The van der Waals surface area contributed by atoms with E-state index in [4.69, 9.17) is 0 Å². The van der Waals surface area contributed by atoms with Crippen molar-refractivity contribution < 1.29 is 20.1 Å². The molecule has 0 aliphatic rings. The van der Waals surface area contributed by atoms with E-state index in [9.17, 15) is 0 Å². The van der Waals surface area contributed by atoms with E-state index < -0.39 is 0 Å². The minimum atomic E-state index is 0. The molecule has 0 aliphatic carbocycles. The zero-order valence-electron chi connectivity index (χ0n) is 11.1. The Morgan fingerprint density at radius 2 is 1.53 bits per heavy atom. The molecule has 0 fully saturated rings. The fraction of sp³-hybridized carbons (Fsp3) is 0. The van der Waals surface area contributed by atoms with Crippen molar-refractivity contribution in [3.05, 3.63) is 81.6 Å². The van der Waals surface area contributed by atoms with Crippen molar-refractivity contribution in [2.24, 2.45) is 0 Å². The fourth-order valence-corrected chi connectivity index (χ4v) is 1.77. The van der Waals surface area contributed by atoms with Gasteiger partial charge < -0.3 is 14.9 Å². The first-order valence-corrected chi connectivity index (χ1v) is 5.26. The third-order valence-electron chi connectivity index (χ3n) is 2.58. The van der Waals surface area contributed by atoms with Crippen LogP contribution in [0, 0.1) is 20.9 Å². The van der Waals surface area contributed by atoms with Crippen LogP contribution >= 0.6 is 0 Å². The van der Waals surface area contributed by atoms with Gasteiger partial charge in [0.25, 0.3) is 0 Å². The molecule has 0 atom stereocenters. The van der Waals surface area contributed by atoms with Gasteiger partial charge in [0.2, 0.25) is 0 Å². The zero-order chi connectivity index (χ0) is 10.8. The number of para-hydroxylation sites is 1. The van der Waals surface area contributed by atoms with Crippen LogP contribution in [-0.4, -0.2) is 4.98 Å². The van der Waals surface area contributed by atoms with Crippen LogP contribution in [0.5, 0.6) is 0 Å². The molecule has 19 heavy (non-hydrogen) atoms. The van der Waals surface area contributed by atoms with Gasteiger partial charge in [-0.3, -0.25) is 4.98 Å². The Hall–Kier alpha value is -1.50. The van der Waals surface area contributed by atoms with Crippen molar-refractivity contribution in [1.82, 2.24) is 4.98 Å². The summed E-state index contributed by atoms with van der Waals surface area (Å²) in [7, 11) is 0. The minimum absolute atomic E-state index is 0. The van der Waals surface area contributed by atoms with Crippen molar-refractivity contribution in [3.63, 3.8) is 0 Å². The number of benzene rings is 2. The zero-order valence-corrected chi connectivity index (χ0v) is 13.4. The van der Waals surface area contributed by atoms with Crippen LogP contribution in [0.1, 0.15) is 0 Å². The van der Waals surface area contributed by atoms with E-state index in [2.05, 4.69) is 23.2 Å². The van der Waals surface area contributed by atoms with Gasteiger partial charge in [-0.15, -0.1) is 35.9 Å². The molecular weight excluding hydrogens is 410 g/mol. The Morgan fingerprint density at radius 1 is 0.789 bits per heavy atom. The second kappa shape index (κ2) is 7.83. The largest absolute Gasteiger partial charge is 3.00 e. The molecule has 98 valence electrons. The van der Waals surface area contributed by atoms with Crippen LogP contribution in [0.3, 0.4) is 0 Å². The van der Waals surface area contributed by atoms with E-state index in [-0.39, 0.29) is 35.0 Å². The molecule has 0 spiro atoms. The average Bonchev–Trinajstić information content (AvgIpc) is 2.39. The monoisotopic (exact) mass is 427 g/mol. The Morgan fingerprint density at radius 3 is 2.26 bits per heavy atom. The second-order valence-corrected chi connectivity index (χ2v) is 3.67. The number of fused-ring (bicyclic) bond motifs is 1. The molecular formula is C17H16IrN. The van der Waals surface area contributed by atoms with Crippen molar-refractivity contribution in [1.29, 1.82) is 0 Å². The first-order chi connectivity index (χ1) is 7.93. The van der Waals surface area contributed by atoms with E-state index >= 15 is 0 Å². The van der Waals surface area contributed by atoms with E-state index in [0.29, 0.717) is 0 Å². The predicted octanol–water partition coefficient (Wildman–Crippen LogP) is 4.60. The number of hydrogen-bond acceptors (Lipinski definition) is 1. The Kier molecular flexibility index (Phi) is 7.21. The van der Waals surface area contributed by atoms with Gasteiger partial charge in [-0.05, 0) is 17.1 Å². The normalized spacial score (nSPS) is 8.84. The molecule has 0 saturated heterocycles. The third kappa shape index (κ3) is 3.73. The summed E-state index contributed by atoms with van der Waals surface area (Å²) >= 11 is 0. The summed E-state index contributed by atoms with van der Waals surface area (Å²) < 4.78 is 0. The average molecular weight is 427 g/mol. The summed E-state index contributed by atoms with van der Waals surface area (Å²) in [5, 5.41) is 1.17. The molecule has 0 unspecified atom stereocenters. The van der Waals surface area contributed by atoms with Crippen LogP contribution in [0.4, 0.5) is 0 Å². The number of aromatic nitrogens is 1. The van der Waals surface area contributed by atoms with Crippen LogP contribution in [-0.2, 0) is 20.1 Å². The molecule has 1 heterocycles. The smallest absolute Gasteiger partial charge is 0.358 e. The van der Waals surface area contributed by atoms with Crippen LogP contribution < -0.4 is 0 Å². The van der Waals surface area contributed by atoms with Gasteiger partial charge in [0.15, 0.2) is 0 Å². The molecule has 0 aliphatic heterocycles. The van der Waals surface area contributed by atoms with Crippen molar-refractivity contribution >= 4 is 10.9 Å². The van der Waals surface area contributed by atoms with E-state index in [1.807, 2.05) is 48.5 Å². The first-order valence-electron chi connectivity index (χ1n) is 5.26. The van der Waals surface area contributed by atoms with Crippen LogP contribution in [0.25, 0.3) is 22.2 Å². The van der Waals surface area contributed by atoms with Gasteiger partial charge in [-0.25, -0.2) is 0 Å². The molecule has 0 amide bonds. The predicted molar refractivity (Wildman–Crippen MR) is 78.8 cm³/mol. The Bertz CT molecular complexity index is 620. The number of hydrogen-bond donors (Lipinski definition) is 0. The standard InChI is InChI=1S/C15H10N.2CH3.Ir/c1-2-6-12(7-3-1)15-11-10-13-8-4-5-9-14(13)16-15;;;/h1-6,8-11H;2*1H3;/q3*-1;+3. The second-order valence-electron chi connectivity index (χ2n) is 3.67. The molecule has 2 aromatic carbocycles. The third-order valence-corrected chi connectivity index (χ3v) is 2.58. The molecule has 0 saturated carbocycles. The minimum Gasteiger partial charge on any atom is -0.358 e. The van der Waals surface area contributed by atoms with Crippen LogP contribution in [0.15, 0.2) is 60.7 Å². The molecule has 1 aromatic heterocycles. The maximum absolute atomic E-state index is 4.61. The van der Waals surface area contributed by atoms with Gasteiger partial charge in [0, 0.05) is 0 Å². The van der Waals surface area contributed by atoms with Crippen LogP contribution in [0.2, 0.25) is 0 Å². The van der Waals surface area contributed by atoms with Gasteiger partial charge in [0.05, 0.1) is 5.52 Å². The summed E-state index contributed by atoms with van der Waals surface area (Å²) in [6.07, 6.45) is 0. The number of pyridine rings is 1.